The van der Waals surface area contributed by atoms with E-state index in [4.69, 9.17) is 4.99 Å². The summed E-state index contributed by atoms with van der Waals surface area (Å²) in [7, 11) is 3.88. The van der Waals surface area contributed by atoms with Crippen LogP contribution in [0.15, 0.2) is 23.3 Å². The van der Waals surface area contributed by atoms with Gasteiger partial charge in [0.05, 0.1) is 6.54 Å². The maximum atomic E-state index is 11.6. The van der Waals surface area contributed by atoms with Crippen molar-refractivity contribution in [1.29, 1.82) is 0 Å². The van der Waals surface area contributed by atoms with Gasteiger partial charge >= 0.3 is 0 Å². The molecule has 1 aromatic rings. The molecule has 9 heteroatoms. The van der Waals surface area contributed by atoms with E-state index in [-0.39, 0.29) is 29.9 Å². The van der Waals surface area contributed by atoms with Crippen molar-refractivity contribution in [1.82, 2.24) is 25.4 Å². The molecule has 0 radical (unpaired) electrons. The Morgan fingerprint density at radius 1 is 1.19 bits per heavy atom. The van der Waals surface area contributed by atoms with E-state index in [9.17, 15) is 4.79 Å². The van der Waals surface area contributed by atoms with Crippen LogP contribution in [0.5, 0.6) is 0 Å². The highest BCUT2D eigenvalue weighted by Crippen LogP contribution is 2.21. The molecule has 2 aliphatic heterocycles. The van der Waals surface area contributed by atoms with E-state index in [1.807, 2.05) is 6.20 Å². The van der Waals surface area contributed by atoms with Crippen LogP contribution in [0.25, 0.3) is 0 Å². The molecule has 0 spiro atoms. The molecule has 3 heterocycles. The molecule has 0 saturated carbocycles. The largest absolute Gasteiger partial charge is 0.359 e. The summed E-state index contributed by atoms with van der Waals surface area (Å²) in [5.74, 6) is 2.63. The number of guanidine groups is 1. The summed E-state index contributed by atoms with van der Waals surface area (Å²) < 4.78 is 0. The molecule has 0 atom stereocenters. The van der Waals surface area contributed by atoms with E-state index in [0.29, 0.717) is 18.9 Å². The Kier molecular flexibility index (Phi) is 10.8. The van der Waals surface area contributed by atoms with Crippen molar-refractivity contribution < 1.29 is 4.79 Å². The molecule has 2 fully saturated rings. The van der Waals surface area contributed by atoms with Crippen LogP contribution >= 0.6 is 24.0 Å². The molecule has 2 aliphatic rings. The Bertz CT molecular complexity index is 714. The van der Waals surface area contributed by atoms with Crippen LogP contribution in [0, 0.1) is 5.92 Å². The standard InChI is InChI=1S/C22H37N7O.HI/c1-4-24-22(29-9-6-18(7-10-29)16-21(30)23-2)26-17-19-5-8-25-20(15-19)28-13-11-27(3)12-14-28;/h5,8,15,18H,4,6-7,9-14,16-17H2,1-3H3,(H,23,30)(H,24,26);1H. The number of halogens is 1. The van der Waals surface area contributed by atoms with Gasteiger partial charge in [0, 0.05) is 65.5 Å². The number of likely N-dealkylation sites (N-methyl/N-ethyl adjacent to an activating group) is 1. The van der Waals surface area contributed by atoms with E-state index in [1.165, 1.54) is 5.56 Å². The van der Waals surface area contributed by atoms with Gasteiger partial charge in [0.15, 0.2) is 5.96 Å². The highest BCUT2D eigenvalue weighted by atomic mass is 127. The lowest BCUT2D eigenvalue weighted by atomic mass is 9.93. The fourth-order valence-electron chi connectivity index (χ4n) is 4.07. The zero-order valence-electron chi connectivity index (χ0n) is 19.1. The molecule has 0 aliphatic carbocycles. The third-order valence-corrected chi connectivity index (χ3v) is 6.05. The maximum absolute atomic E-state index is 11.6. The second-order valence-electron chi connectivity index (χ2n) is 8.29. The van der Waals surface area contributed by atoms with E-state index >= 15 is 0 Å². The highest BCUT2D eigenvalue weighted by molar-refractivity contribution is 14.0. The Hall–Kier alpha value is -1.62. The zero-order chi connectivity index (χ0) is 21.3. The number of aromatic nitrogens is 1. The number of pyridine rings is 1. The summed E-state index contributed by atoms with van der Waals surface area (Å²) in [6, 6.07) is 4.23. The monoisotopic (exact) mass is 543 g/mol. The second-order valence-corrected chi connectivity index (χ2v) is 8.29. The Labute approximate surface area is 203 Å². The summed E-state index contributed by atoms with van der Waals surface area (Å²) in [6.45, 7) is 9.66. The quantitative estimate of drug-likeness (QED) is 0.324. The number of carbonyl (C=O) groups is 1. The third kappa shape index (κ3) is 7.78. The van der Waals surface area contributed by atoms with E-state index in [1.54, 1.807) is 7.05 Å². The van der Waals surface area contributed by atoms with Crippen LogP contribution < -0.4 is 15.5 Å². The second kappa shape index (κ2) is 13.0. The number of nitrogens with zero attached hydrogens (tertiary/aromatic N) is 5. The van der Waals surface area contributed by atoms with Gasteiger partial charge in [-0.1, -0.05) is 0 Å². The third-order valence-electron chi connectivity index (χ3n) is 6.05. The molecule has 3 rings (SSSR count). The average molecular weight is 543 g/mol. The zero-order valence-corrected chi connectivity index (χ0v) is 21.5. The van der Waals surface area contributed by atoms with Crippen molar-refractivity contribution in [2.75, 3.05) is 64.8 Å². The first-order valence-electron chi connectivity index (χ1n) is 11.2. The van der Waals surface area contributed by atoms with Gasteiger partial charge in [-0.15, -0.1) is 24.0 Å². The van der Waals surface area contributed by atoms with Crippen molar-refractivity contribution in [2.45, 2.75) is 32.7 Å². The molecule has 0 aromatic carbocycles. The summed E-state index contributed by atoms with van der Waals surface area (Å²) >= 11 is 0. The van der Waals surface area contributed by atoms with Crippen molar-refractivity contribution in [3.8, 4) is 0 Å². The Morgan fingerprint density at radius 2 is 1.90 bits per heavy atom. The van der Waals surface area contributed by atoms with Crippen molar-refractivity contribution >= 4 is 41.7 Å². The number of rotatable bonds is 6. The topological polar surface area (TPSA) is 76.1 Å². The number of piperazine rings is 1. The van der Waals surface area contributed by atoms with Gasteiger partial charge in [-0.2, -0.15) is 0 Å². The van der Waals surface area contributed by atoms with Crippen LogP contribution in [-0.4, -0.2) is 86.6 Å². The number of amides is 1. The Morgan fingerprint density at radius 3 is 2.55 bits per heavy atom. The number of hydrogen-bond donors (Lipinski definition) is 2. The Balaban J connectivity index is 0.00000341. The first kappa shape index (κ1) is 25.6. The minimum Gasteiger partial charge on any atom is -0.359 e. The summed E-state index contributed by atoms with van der Waals surface area (Å²) in [5.41, 5.74) is 1.18. The molecule has 2 N–H and O–H groups in total. The predicted octanol–water partition coefficient (Wildman–Crippen LogP) is 1.76. The van der Waals surface area contributed by atoms with Gasteiger partial charge in [-0.25, -0.2) is 9.98 Å². The van der Waals surface area contributed by atoms with E-state index in [2.05, 4.69) is 56.4 Å². The number of carbonyl (C=O) groups excluding carboxylic acids is 1. The molecular formula is C22H38IN7O. The van der Waals surface area contributed by atoms with Crippen molar-refractivity contribution in [3.05, 3.63) is 23.9 Å². The fourth-order valence-corrected chi connectivity index (χ4v) is 4.07. The number of hydrogen-bond acceptors (Lipinski definition) is 5. The lowest BCUT2D eigenvalue weighted by Crippen LogP contribution is -2.46. The number of likely N-dealkylation sites (tertiary alicyclic amines) is 1. The molecule has 2 saturated heterocycles. The van der Waals surface area contributed by atoms with Crippen LogP contribution in [0.3, 0.4) is 0 Å². The van der Waals surface area contributed by atoms with Gasteiger partial charge in [-0.3, -0.25) is 4.79 Å². The van der Waals surface area contributed by atoms with Gasteiger partial charge in [0.1, 0.15) is 5.82 Å². The molecule has 1 amide bonds. The minimum absolute atomic E-state index is 0. The van der Waals surface area contributed by atoms with Crippen molar-refractivity contribution in [2.24, 2.45) is 10.9 Å². The number of piperidine rings is 1. The molecule has 174 valence electrons. The molecule has 0 bridgehead atoms. The average Bonchev–Trinajstić information content (AvgIpc) is 2.78. The molecule has 1 aromatic heterocycles. The van der Waals surface area contributed by atoms with E-state index in [0.717, 1.165) is 70.4 Å². The van der Waals surface area contributed by atoms with Crippen LogP contribution in [0.4, 0.5) is 5.82 Å². The lowest BCUT2D eigenvalue weighted by molar-refractivity contribution is -0.121. The van der Waals surface area contributed by atoms with Crippen LogP contribution in [0.2, 0.25) is 0 Å². The normalized spacial score (nSPS) is 18.5. The van der Waals surface area contributed by atoms with Gasteiger partial charge < -0.3 is 25.3 Å². The smallest absolute Gasteiger partial charge is 0.220 e. The molecule has 31 heavy (non-hydrogen) atoms. The van der Waals surface area contributed by atoms with Gasteiger partial charge in [-0.05, 0) is 50.4 Å². The predicted molar refractivity (Wildman–Crippen MR) is 137 cm³/mol. The SMILES string of the molecule is CCNC(=NCc1ccnc(N2CCN(C)CC2)c1)N1CCC(CC(=O)NC)CC1.I. The van der Waals surface area contributed by atoms with Crippen molar-refractivity contribution in [3.63, 3.8) is 0 Å². The van der Waals surface area contributed by atoms with Crippen LogP contribution in [0.1, 0.15) is 31.7 Å². The summed E-state index contributed by atoms with van der Waals surface area (Å²) in [4.78, 5) is 28.2. The first-order chi connectivity index (χ1) is 14.6. The number of anilines is 1. The van der Waals surface area contributed by atoms with Gasteiger partial charge in [0.2, 0.25) is 5.91 Å². The molecule has 0 unspecified atom stereocenters. The molecule has 8 nitrogen and oxygen atoms in total. The summed E-state index contributed by atoms with van der Waals surface area (Å²) in [5, 5.41) is 6.17. The summed E-state index contributed by atoms with van der Waals surface area (Å²) in [6.07, 6.45) is 4.58. The maximum Gasteiger partial charge on any atom is 0.220 e. The number of aliphatic imine (C=N–C) groups is 1. The lowest BCUT2D eigenvalue weighted by Gasteiger charge is -2.34. The molecular weight excluding hydrogens is 505 g/mol. The highest BCUT2D eigenvalue weighted by Gasteiger charge is 2.23. The minimum atomic E-state index is 0. The van der Waals surface area contributed by atoms with Gasteiger partial charge in [0.25, 0.3) is 0 Å². The first-order valence-corrected chi connectivity index (χ1v) is 11.2. The van der Waals surface area contributed by atoms with E-state index < -0.39 is 0 Å². The fraction of sp³-hybridized carbons (Fsp3) is 0.682. The number of nitrogens with one attached hydrogen (secondary N) is 2. The van der Waals surface area contributed by atoms with Crippen LogP contribution in [-0.2, 0) is 11.3 Å².